The molecule has 3 nitrogen and oxygen atoms in total. The largest absolute Gasteiger partial charge is 0.465 e. The number of halogens is 2. The smallest absolute Gasteiger partial charge is 0.340 e. The van der Waals surface area contributed by atoms with Gasteiger partial charge in [0.15, 0.2) is 0 Å². The molecular formula is C10H11BrFNO2. The minimum Gasteiger partial charge on any atom is -0.465 e. The summed E-state index contributed by atoms with van der Waals surface area (Å²) >= 11 is 3.09. The Morgan fingerprint density at radius 3 is 2.73 bits per heavy atom. The molecule has 0 saturated heterocycles. The Morgan fingerprint density at radius 1 is 1.67 bits per heavy atom. The number of methoxy groups -OCH3 is 1. The van der Waals surface area contributed by atoms with Gasteiger partial charge in [0.1, 0.15) is 5.82 Å². The molecule has 0 aliphatic heterocycles. The molecule has 0 aliphatic carbocycles. The van der Waals surface area contributed by atoms with Crippen LogP contribution < -0.4 is 5.73 Å². The zero-order valence-electron chi connectivity index (χ0n) is 8.43. The van der Waals surface area contributed by atoms with Crippen molar-refractivity contribution in [2.24, 2.45) is 0 Å². The number of rotatable bonds is 2. The van der Waals surface area contributed by atoms with Crippen molar-refractivity contribution in [3.8, 4) is 0 Å². The summed E-state index contributed by atoms with van der Waals surface area (Å²) in [7, 11) is 1.23. The summed E-state index contributed by atoms with van der Waals surface area (Å²) in [5, 5.41) is 0. The summed E-state index contributed by atoms with van der Waals surface area (Å²) in [6.07, 6.45) is 0.536. The summed E-state index contributed by atoms with van der Waals surface area (Å²) in [6.45, 7) is 1.83. The van der Waals surface area contributed by atoms with Crippen molar-refractivity contribution in [3.05, 3.63) is 27.5 Å². The second kappa shape index (κ2) is 4.61. The van der Waals surface area contributed by atoms with Crippen molar-refractivity contribution in [1.29, 1.82) is 0 Å². The van der Waals surface area contributed by atoms with E-state index in [1.165, 1.54) is 7.11 Å². The number of esters is 1. The van der Waals surface area contributed by atoms with Gasteiger partial charge in [-0.1, -0.05) is 6.92 Å². The second-order valence-electron chi connectivity index (χ2n) is 2.96. The van der Waals surface area contributed by atoms with Crippen LogP contribution in [0.4, 0.5) is 10.1 Å². The monoisotopic (exact) mass is 275 g/mol. The van der Waals surface area contributed by atoms with E-state index in [-0.39, 0.29) is 11.3 Å². The van der Waals surface area contributed by atoms with Crippen LogP contribution in [-0.2, 0) is 11.2 Å². The van der Waals surface area contributed by atoms with Gasteiger partial charge in [0, 0.05) is 0 Å². The quantitative estimate of drug-likeness (QED) is 0.667. The number of benzene rings is 1. The maximum absolute atomic E-state index is 13.4. The van der Waals surface area contributed by atoms with E-state index in [0.717, 1.165) is 6.07 Å². The van der Waals surface area contributed by atoms with Crippen molar-refractivity contribution < 1.29 is 13.9 Å². The third kappa shape index (κ3) is 2.12. The van der Waals surface area contributed by atoms with E-state index in [4.69, 9.17) is 5.73 Å². The van der Waals surface area contributed by atoms with Gasteiger partial charge < -0.3 is 10.5 Å². The maximum atomic E-state index is 13.4. The summed E-state index contributed by atoms with van der Waals surface area (Å²) < 4.78 is 18.2. The van der Waals surface area contributed by atoms with Crippen molar-refractivity contribution in [2.75, 3.05) is 12.8 Å². The lowest BCUT2D eigenvalue weighted by molar-refractivity contribution is 0.0601. The van der Waals surface area contributed by atoms with Gasteiger partial charge in [-0.2, -0.15) is 0 Å². The van der Waals surface area contributed by atoms with Crippen LogP contribution in [0.25, 0.3) is 0 Å². The molecule has 0 heterocycles. The van der Waals surface area contributed by atoms with Gasteiger partial charge in [0.05, 0.1) is 22.8 Å². The lowest BCUT2D eigenvalue weighted by atomic mass is 10.1. The van der Waals surface area contributed by atoms with E-state index in [1.807, 2.05) is 6.92 Å². The fourth-order valence-corrected chi connectivity index (χ4v) is 1.93. The van der Waals surface area contributed by atoms with E-state index in [1.54, 1.807) is 0 Å². The van der Waals surface area contributed by atoms with Gasteiger partial charge in [-0.15, -0.1) is 0 Å². The zero-order chi connectivity index (χ0) is 11.6. The van der Waals surface area contributed by atoms with Gasteiger partial charge in [-0.25, -0.2) is 9.18 Å². The Bertz CT molecular complexity index is 407. The predicted octanol–water partition coefficient (Wildman–Crippen LogP) is 2.52. The van der Waals surface area contributed by atoms with Crippen LogP contribution in [0.1, 0.15) is 22.8 Å². The molecular weight excluding hydrogens is 265 g/mol. The molecule has 1 aromatic carbocycles. The molecule has 0 spiro atoms. The third-order valence-electron chi connectivity index (χ3n) is 2.12. The topological polar surface area (TPSA) is 52.3 Å². The molecule has 0 aliphatic rings. The molecule has 5 heteroatoms. The summed E-state index contributed by atoms with van der Waals surface area (Å²) in [6, 6.07) is 1.07. The van der Waals surface area contributed by atoms with E-state index < -0.39 is 11.8 Å². The SMILES string of the molecule is CCc1c(N)c(C(=O)OC)cc(F)c1Br. The molecule has 82 valence electrons. The number of nitrogens with two attached hydrogens (primary N) is 1. The van der Waals surface area contributed by atoms with Crippen molar-refractivity contribution in [1.82, 2.24) is 0 Å². The highest BCUT2D eigenvalue weighted by Crippen LogP contribution is 2.30. The normalized spacial score (nSPS) is 10.1. The van der Waals surface area contributed by atoms with Crippen LogP contribution in [0, 0.1) is 5.82 Å². The van der Waals surface area contributed by atoms with Gasteiger partial charge in [-0.3, -0.25) is 0 Å². The van der Waals surface area contributed by atoms with Crippen molar-refractivity contribution >= 4 is 27.6 Å². The predicted molar refractivity (Wildman–Crippen MR) is 59.2 cm³/mol. The maximum Gasteiger partial charge on any atom is 0.340 e. The Morgan fingerprint density at radius 2 is 2.27 bits per heavy atom. The van der Waals surface area contributed by atoms with E-state index in [9.17, 15) is 9.18 Å². The number of hydrogen-bond donors (Lipinski definition) is 1. The zero-order valence-corrected chi connectivity index (χ0v) is 10.0. The highest BCUT2D eigenvalue weighted by atomic mass is 79.9. The average Bonchev–Trinajstić information content (AvgIpc) is 2.23. The van der Waals surface area contributed by atoms with E-state index in [0.29, 0.717) is 16.5 Å². The van der Waals surface area contributed by atoms with Gasteiger partial charge in [0.2, 0.25) is 0 Å². The highest BCUT2D eigenvalue weighted by Gasteiger charge is 2.18. The Balaban J connectivity index is 3.43. The average molecular weight is 276 g/mol. The first-order valence-corrected chi connectivity index (χ1v) is 5.16. The molecule has 0 fully saturated rings. The van der Waals surface area contributed by atoms with Crippen LogP contribution in [0.2, 0.25) is 0 Å². The molecule has 0 bridgehead atoms. The number of anilines is 1. The molecule has 0 unspecified atom stereocenters. The lowest BCUT2D eigenvalue weighted by Gasteiger charge is -2.11. The lowest BCUT2D eigenvalue weighted by Crippen LogP contribution is -2.09. The first kappa shape index (κ1) is 12.0. The van der Waals surface area contributed by atoms with Crippen molar-refractivity contribution in [2.45, 2.75) is 13.3 Å². The van der Waals surface area contributed by atoms with Crippen LogP contribution in [0.3, 0.4) is 0 Å². The van der Waals surface area contributed by atoms with Crippen LogP contribution in [0.5, 0.6) is 0 Å². The minimum atomic E-state index is -0.631. The number of nitrogen functional groups attached to an aromatic ring is 1. The third-order valence-corrected chi connectivity index (χ3v) is 2.98. The number of carbonyl (C=O) groups is 1. The number of hydrogen-bond acceptors (Lipinski definition) is 3. The first-order chi connectivity index (χ1) is 7.02. The van der Waals surface area contributed by atoms with Crippen LogP contribution >= 0.6 is 15.9 Å². The molecule has 0 aromatic heterocycles. The minimum absolute atomic E-state index is 0.0649. The molecule has 0 radical (unpaired) electrons. The molecule has 1 rings (SSSR count). The summed E-state index contributed by atoms with van der Waals surface area (Å²) in [5.74, 6) is -1.14. The fourth-order valence-electron chi connectivity index (χ4n) is 1.32. The van der Waals surface area contributed by atoms with Gasteiger partial charge >= 0.3 is 5.97 Å². The van der Waals surface area contributed by atoms with Crippen LogP contribution in [0.15, 0.2) is 10.5 Å². The highest BCUT2D eigenvalue weighted by molar-refractivity contribution is 9.10. The standard InChI is InChI=1S/C10H11BrFNO2/c1-3-5-8(11)7(12)4-6(9(5)13)10(14)15-2/h4H,3,13H2,1-2H3. The molecule has 2 N–H and O–H groups in total. The second-order valence-corrected chi connectivity index (χ2v) is 3.75. The first-order valence-electron chi connectivity index (χ1n) is 4.37. The molecule has 1 aromatic rings. The Labute approximate surface area is 95.5 Å². The summed E-state index contributed by atoms with van der Waals surface area (Å²) in [4.78, 5) is 11.3. The van der Waals surface area contributed by atoms with E-state index >= 15 is 0 Å². The van der Waals surface area contributed by atoms with E-state index in [2.05, 4.69) is 20.7 Å². The number of carbonyl (C=O) groups excluding carboxylic acids is 1. The van der Waals surface area contributed by atoms with Crippen molar-refractivity contribution in [3.63, 3.8) is 0 Å². The van der Waals surface area contributed by atoms with Gasteiger partial charge in [0.25, 0.3) is 0 Å². The number of ether oxygens (including phenoxy) is 1. The summed E-state index contributed by atoms with van der Waals surface area (Å²) in [5.41, 5.74) is 6.65. The fraction of sp³-hybridized carbons (Fsp3) is 0.300. The molecule has 0 atom stereocenters. The molecule has 0 amide bonds. The molecule has 15 heavy (non-hydrogen) atoms. The molecule has 0 saturated carbocycles. The van der Waals surface area contributed by atoms with Crippen LogP contribution in [-0.4, -0.2) is 13.1 Å². The van der Waals surface area contributed by atoms with Gasteiger partial charge in [-0.05, 0) is 34.0 Å². The Kier molecular flexibility index (Phi) is 3.68. The Hall–Kier alpha value is -1.10.